The molecule has 6 aliphatic carbocycles. The molecule has 1 heterocycles. The number of hydrogen-bond acceptors (Lipinski definition) is 2. The predicted molar refractivity (Wildman–Crippen MR) is 349 cm³/mol. The van der Waals surface area contributed by atoms with Gasteiger partial charge in [0.1, 0.15) is 11.5 Å². The van der Waals surface area contributed by atoms with E-state index in [1.54, 1.807) is 0 Å². The summed E-state index contributed by atoms with van der Waals surface area (Å²) in [6.45, 7) is 25.3. The molecule has 13 rings (SSSR count). The minimum Gasteiger partial charge on any atom is -0.456 e. The lowest BCUT2D eigenvalue weighted by Crippen LogP contribution is -2.30. The van der Waals surface area contributed by atoms with Crippen LogP contribution >= 0.6 is 0 Å². The Morgan fingerprint density at radius 1 is 0.610 bits per heavy atom. The Bertz CT molecular complexity index is 4170. The molecule has 400 valence electrons. The molecular formula is C80H69NO. The molecule has 2 nitrogen and oxygen atoms in total. The largest absolute Gasteiger partial charge is 0.456 e. The zero-order chi connectivity index (χ0) is 56.3. The molecule has 6 aromatic carbocycles. The van der Waals surface area contributed by atoms with Gasteiger partial charge in [0.15, 0.2) is 0 Å². The Morgan fingerprint density at radius 2 is 1.29 bits per heavy atom. The van der Waals surface area contributed by atoms with E-state index in [0.717, 1.165) is 87.7 Å². The van der Waals surface area contributed by atoms with Gasteiger partial charge in [-0.3, -0.25) is 0 Å². The SMILES string of the molecule is C=CC1=C(/C=C\C)C2(C(/C=C\C)=C(C=C)c3ccc(N(C4=CCC=C5C(=C4)c4ccccc4C5(C)C)/C4=C/C=C\CC5(CC6=C(Oc7cc(/C=C\C=C/C)ccc75)c5ccccc5C=CC6)c5ccccc5C4=C)cc32)c2ccccc21. The van der Waals surface area contributed by atoms with Crippen molar-refractivity contribution in [3.8, 4) is 5.75 Å². The van der Waals surface area contributed by atoms with E-state index in [2.05, 4.69) is 289 Å². The second-order valence-electron chi connectivity index (χ2n) is 23.0. The van der Waals surface area contributed by atoms with Crippen LogP contribution in [-0.2, 0) is 16.2 Å². The summed E-state index contributed by atoms with van der Waals surface area (Å²) in [6.07, 6.45) is 43.5. The molecule has 82 heavy (non-hydrogen) atoms. The standard InChI is InChI=1S/C80H69NO/c1-9-14-15-30-54-44-47-73-76(49-54)82-77-56(33-26-32-55-31-16-17-36-62(55)77)52-79(73)48-25-24-43-75(53(6)61-35-18-22-40-69(61)79)81(57-34-27-42-68-66(50-57)64-38-19-21-39-67(64)78(68,7)8)58-45-46-65-60(13-5)71(29-11-3)80(74(65)51-58)70(28-10-2)59(12-4)63-37-20-23-41-72(63)80/h9-26,28-32,34-47,49-51H,4-6,27,33,48,52H2,1-3,7-8H3/b14-9-,25-24-,28-10-,29-11-,30-15-,75-43+. The van der Waals surface area contributed by atoms with Crippen LogP contribution in [-0.4, -0.2) is 0 Å². The van der Waals surface area contributed by atoms with Gasteiger partial charge < -0.3 is 9.64 Å². The average molecular weight is 1060 g/mol. The molecule has 1 aliphatic heterocycles. The number of allylic oxidation sites excluding steroid dienone is 24. The summed E-state index contributed by atoms with van der Waals surface area (Å²) in [5, 5.41) is 0. The molecule has 0 amide bonds. The van der Waals surface area contributed by atoms with Gasteiger partial charge in [-0.15, -0.1) is 0 Å². The molecule has 0 fully saturated rings. The molecule has 7 aliphatic rings. The Balaban J connectivity index is 1.05. The quantitative estimate of drug-likeness (QED) is 0.134. The van der Waals surface area contributed by atoms with E-state index in [1.165, 1.54) is 77.9 Å². The van der Waals surface area contributed by atoms with Gasteiger partial charge in [-0.2, -0.15) is 0 Å². The van der Waals surface area contributed by atoms with Gasteiger partial charge >= 0.3 is 0 Å². The highest BCUT2D eigenvalue weighted by Crippen LogP contribution is 2.63. The Morgan fingerprint density at radius 3 is 2.04 bits per heavy atom. The summed E-state index contributed by atoms with van der Waals surface area (Å²) in [6, 6.07) is 49.7. The summed E-state index contributed by atoms with van der Waals surface area (Å²) in [5.74, 6) is 1.83. The molecule has 0 bridgehead atoms. The van der Waals surface area contributed by atoms with Crippen molar-refractivity contribution in [2.24, 2.45) is 0 Å². The van der Waals surface area contributed by atoms with Gasteiger partial charge in [0.25, 0.3) is 0 Å². The minimum absolute atomic E-state index is 0.162. The first-order valence-corrected chi connectivity index (χ1v) is 29.2. The van der Waals surface area contributed by atoms with E-state index in [-0.39, 0.29) is 5.41 Å². The zero-order valence-electron chi connectivity index (χ0n) is 47.9. The highest BCUT2D eigenvalue weighted by atomic mass is 16.5. The lowest BCUT2D eigenvalue weighted by Gasteiger charge is -2.37. The highest BCUT2D eigenvalue weighted by Gasteiger charge is 2.52. The average Bonchev–Trinajstić information content (AvgIpc) is 3.43. The molecule has 6 aromatic rings. The molecule has 0 aromatic heterocycles. The number of rotatable bonds is 9. The summed E-state index contributed by atoms with van der Waals surface area (Å²) >= 11 is 0. The first-order chi connectivity index (χ1) is 40.1. The van der Waals surface area contributed by atoms with Crippen LogP contribution in [0.3, 0.4) is 0 Å². The van der Waals surface area contributed by atoms with E-state index in [4.69, 9.17) is 11.3 Å². The van der Waals surface area contributed by atoms with Crippen LogP contribution < -0.4 is 9.64 Å². The van der Waals surface area contributed by atoms with Gasteiger partial charge in [-0.25, -0.2) is 0 Å². The monoisotopic (exact) mass is 1060 g/mol. The van der Waals surface area contributed by atoms with Gasteiger partial charge in [-0.1, -0.05) is 246 Å². The van der Waals surface area contributed by atoms with Crippen molar-refractivity contribution in [3.63, 3.8) is 0 Å². The van der Waals surface area contributed by atoms with E-state index in [9.17, 15) is 0 Å². The Hall–Kier alpha value is -9.24. The number of fused-ring (bicyclic) bond motifs is 13. The number of hydrogen-bond donors (Lipinski definition) is 0. The maximum absolute atomic E-state index is 7.42. The topological polar surface area (TPSA) is 12.5 Å². The molecular weight excluding hydrogens is 991 g/mol. The van der Waals surface area contributed by atoms with Crippen LogP contribution in [0.5, 0.6) is 5.75 Å². The van der Waals surface area contributed by atoms with E-state index in [1.807, 2.05) is 6.92 Å². The predicted octanol–water partition coefficient (Wildman–Crippen LogP) is 20.5. The fourth-order valence-corrected chi connectivity index (χ4v) is 14.8. The third-order valence-corrected chi connectivity index (χ3v) is 18.3. The van der Waals surface area contributed by atoms with Crippen LogP contribution in [0, 0.1) is 0 Å². The van der Waals surface area contributed by atoms with Crippen LogP contribution in [0.4, 0.5) is 5.69 Å². The molecule has 0 N–H and O–H groups in total. The number of nitrogens with zero attached hydrogens (tertiary/aromatic N) is 1. The molecule has 0 radical (unpaired) electrons. The maximum Gasteiger partial charge on any atom is 0.134 e. The van der Waals surface area contributed by atoms with Crippen molar-refractivity contribution >= 4 is 45.9 Å². The second kappa shape index (κ2) is 20.7. The first-order valence-electron chi connectivity index (χ1n) is 29.2. The van der Waals surface area contributed by atoms with Crippen LogP contribution in [0.25, 0.3) is 40.2 Å². The molecule has 2 heteroatoms. The van der Waals surface area contributed by atoms with Gasteiger partial charge in [0, 0.05) is 33.3 Å². The van der Waals surface area contributed by atoms with Crippen LogP contribution in [0.1, 0.15) is 127 Å². The second-order valence-corrected chi connectivity index (χ2v) is 23.0. The third-order valence-electron chi connectivity index (χ3n) is 18.3. The van der Waals surface area contributed by atoms with Crippen molar-refractivity contribution in [1.29, 1.82) is 0 Å². The first kappa shape index (κ1) is 52.2. The fraction of sp³-hybridized carbons (Fsp3) is 0.150. The van der Waals surface area contributed by atoms with Crippen molar-refractivity contribution in [1.82, 2.24) is 0 Å². The zero-order valence-corrected chi connectivity index (χ0v) is 47.9. The van der Waals surface area contributed by atoms with Crippen molar-refractivity contribution in [3.05, 3.63) is 351 Å². The minimum atomic E-state index is -0.652. The van der Waals surface area contributed by atoms with Gasteiger partial charge in [0.05, 0.1) is 11.1 Å². The molecule has 0 saturated carbocycles. The Kier molecular flexibility index (Phi) is 13.2. The summed E-state index contributed by atoms with van der Waals surface area (Å²) in [5.41, 5.74) is 25.7. The Labute approximate surface area is 486 Å². The van der Waals surface area contributed by atoms with Crippen molar-refractivity contribution < 1.29 is 4.74 Å². The van der Waals surface area contributed by atoms with Gasteiger partial charge in [-0.05, 0) is 177 Å². The number of benzene rings is 6. The van der Waals surface area contributed by atoms with E-state index in [0.29, 0.717) is 0 Å². The van der Waals surface area contributed by atoms with Crippen LogP contribution in [0.15, 0.2) is 284 Å². The maximum atomic E-state index is 7.42. The van der Waals surface area contributed by atoms with Crippen molar-refractivity contribution in [2.45, 2.75) is 76.5 Å². The molecule has 2 atom stereocenters. The molecule has 0 saturated heterocycles. The lowest BCUT2D eigenvalue weighted by atomic mass is 9.65. The molecule has 2 unspecified atom stereocenters. The number of ether oxygens (including phenoxy) is 1. The smallest absolute Gasteiger partial charge is 0.134 e. The van der Waals surface area contributed by atoms with Gasteiger partial charge in [0.2, 0.25) is 0 Å². The normalized spacial score (nSPS) is 22.1. The summed E-state index contributed by atoms with van der Waals surface area (Å²) in [4.78, 5) is 2.52. The number of anilines is 1. The third kappa shape index (κ3) is 7.90. The van der Waals surface area contributed by atoms with Crippen molar-refractivity contribution in [2.75, 3.05) is 4.90 Å². The fourth-order valence-electron chi connectivity index (χ4n) is 14.8. The lowest BCUT2D eigenvalue weighted by molar-refractivity contribution is 0.485. The summed E-state index contributed by atoms with van der Waals surface area (Å²) in [7, 11) is 0. The van der Waals surface area contributed by atoms with E-state index >= 15 is 0 Å². The van der Waals surface area contributed by atoms with E-state index < -0.39 is 10.8 Å². The summed E-state index contributed by atoms with van der Waals surface area (Å²) < 4.78 is 7.42. The van der Waals surface area contributed by atoms with Crippen LogP contribution in [0.2, 0.25) is 0 Å². The highest BCUT2D eigenvalue weighted by molar-refractivity contribution is 6.01. The molecule has 2 spiro atoms.